The second-order valence-electron chi connectivity index (χ2n) is 13.7. The molecule has 3 aromatic heterocycles. The number of nitrogens with zero attached hydrogens (tertiary/aromatic N) is 5. The zero-order valence-electron chi connectivity index (χ0n) is 31.2. The first-order valence-electron chi connectivity index (χ1n) is 18.9. The quantitative estimate of drug-likeness (QED) is 0.141. The van der Waals surface area contributed by atoms with Crippen molar-refractivity contribution in [2.75, 3.05) is 0 Å². The van der Waals surface area contributed by atoms with E-state index in [1.54, 1.807) is 12.3 Å². The Morgan fingerprint density at radius 2 is 0.860 bits per heavy atom. The molecule has 5 nitrogen and oxygen atoms in total. The first-order valence-corrected chi connectivity index (χ1v) is 18.9. The van der Waals surface area contributed by atoms with Crippen LogP contribution in [0.3, 0.4) is 0 Å². The van der Waals surface area contributed by atoms with Gasteiger partial charge in [-0.25, -0.2) is 15.0 Å². The standard InChI is InChI=1S/C52H37N5/c1-3-47-50(4-2)57(46-15-9-6-10-16-46)52(56-47)44-31-23-39(24-32-44)38-19-27-42(28-20-38)49-34-48(41-25-17-37(18-26-41)36-12-7-5-8-13-36)54-51(55-49)43-29-21-40(22-30-43)45-14-11-33-53-35-45/h3-35H,1-2H2. The highest BCUT2D eigenvalue weighted by molar-refractivity contribution is 5.78. The van der Waals surface area contributed by atoms with E-state index >= 15 is 0 Å². The Morgan fingerprint density at radius 1 is 0.404 bits per heavy atom. The highest BCUT2D eigenvalue weighted by Crippen LogP contribution is 2.33. The second-order valence-corrected chi connectivity index (χ2v) is 13.7. The number of rotatable bonds is 10. The summed E-state index contributed by atoms with van der Waals surface area (Å²) in [6.45, 7) is 8.06. The zero-order valence-corrected chi connectivity index (χ0v) is 31.2. The molecule has 0 N–H and O–H groups in total. The molecule has 57 heavy (non-hydrogen) atoms. The van der Waals surface area contributed by atoms with Gasteiger partial charge in [0, 0.05) is 40.3 Å². The molecule has 0 unspecified atom stereocenters. The zero-order chi connectivity index (χ0) is 38.6. The second kappa shape index (κ2) is 15.5. The van der Waals surface area contributed by atoms with Gasteiger partial charge < -0.3 is 0 Å². The number of hydrogen-bond donors (Lipinski definition) is 0. The predicted molar refractivity (Wildman–Crippen MR) is 235 cm³/mol. The molecule has 270 valence electrons. The maximum Gasteiger partial charge on any atom is 0.160 e. The van der Waals surface area contributed by atoms with Crippen molar-refractivity contribution in [2.24, 2.45) is 0 Å². The lowest BCUT2D eigenvalue weighted by atomic mass is 9.99. The van der Waals surface area contributed by atoms with Crippen LogP contribution in [0, 0.1) is 0 Å². The average molecular weight is 732 g/mol. The van der Waals surface area contributed by atoms with Gasteiger partial charge in [0.25, 0.3) is 0 Å². The van der Waals surface area contributed by atoms with Crippen LogP contribution in [0.25, 0.3) is 96.5 Å². The highest BCUT2D eigenvalue weighted by atomic mass is 15.1. The molecule has 0 bridgehead atoms. The van der Waals surface area contributed by atoms with E-state index < -0.39 is 0 Å². The average Bonchev–Trinajstić information content (AvgIpc) is 3.69. The SMILES string of the molecule is C=Cc1nc(-c2ccc(-c3ccc(-c4cc(-c5ccc(-c6ccccc6)cc5)nc(-c5ccc(-c6cccnc6)cc5)n4)cc3)cc2)n(-c2ccccc2)c1C=C. The lowest BCUT2D eigenvalue weighted by Gasteiger charge is -2.12. The van der Waals surface area contributed by atoms with Crippen molar-refractivity contribution in [1.29, 1.82) is 0 Å². The molecule has 0 amide bonds. The van der Waals surface area contributed by atoms with Gasteiger partial charge >= 0.3 is 0 Å². The Labute approximate surface area is 332 Å². The van der Waals surface area contributed by atoms with Crippen LogP contribution < -0.4 is 0 Å². The van der Waals surface area contributed by atoms with Crippen LogP contribution in [0.4, 0.5) is 0 Å². The number of pyridine rings is 1. The first kappa shape index (κ1) is 35.0. The summed E-state index contributed by atoms with van der Waals surface area (Å²) in [5, 5.41) is 0. The Bertz CT molecular complexity index is 2710. The molecule has 0 radical (unpaired) electrons. The maximum atomic E-state index is 5.12. The van der Waals surface area contributed by atoms with Gasteiger partial charge in [-0.05, 0) is 69.8 Å². The summed E-state index contributed by atoms with van der Waals surface area (Å²) in [6.07, 6.45) is 7.28. The van der Waals surface area contributed by atoms with Crippen LogP contribution in [0.2, 0.25) is 0 Å². The number of para-hydroxylation sites is 1. The van der Waals surface area contributed by atoms with E-state index in [2.05, 4.69) is 168 Å². The molecule has 5 heteroatoms. The van der Waals surface area contributed by atoms with Gasteiger partial charge in [-0.1, -0.05) is 165 Å². The number of aromatic nitrogens is 5. The maximum absolute atomic E-state index is 5.12. The van der Waals surface area contributed by atoms with Crippen LogP contribution in [-0.4, -0.2) is 24.5 Å². The normalized spacial score (nSPS) is 10.9. The highest BCUT2D eigenvalue weighted by Gasteiger charge is 2.17. The predicted octanol–water partition coefficient (Wildman–Crippen LogP) is 13.0. The van der Waals surface area contributed by atoms with E-state index in [0.29, 0.717) is 5.82 Å². The van der Waals surface area contributed by atoms with Crippen molar-refractivity contribution in [1.82, 2.24) is 24.5 Å². The third-order valence-electron chi connectivity index (χ3n) is 10.2. The summed E-state index contributed by atoms with van der Waals surface area (Å²) < 4.78 is 2.13. The third-order valence-corrected chi connectivity index (χ3v) is 10.2. The van der Waals surface area contributed by atoms with E-state index in [4.69, 9.17) is 15.0 Å². The summed E-state index contributed by atoms with van der Waals surface area (Å²) >= 11 is 0. The van der Waals surface area contributed by atoms with E-state index in [9.17, 15) is 0 Å². The molecular weight excluding hydrogens is 695 g/mol. The van der Waals surface area contributed by atoms with E-state index in [0.717, 1.165) is 84.4 Å². The Balaban J connectivity index is 1.05. The van der Waals surface area contributed by atoms with Crippen molar-refractivity contribution in [3.8, 4) is 84.4 Å². The molecule has 0 spiro atoms. The summed E-state index contributed by atoms with van der Waals surface area (Å²) in [6, 6.07) is 60.8. The van der Waals surface area contributed by atoms with Crippen LogP contribution in [-0.2, 0) is 0 Å². The molecule has 9 rings (SSSR count). The largest absolute Gasteiger partial charge is 0.292 e. The van der Waals surface area contributed by atoms with Crippen molar-refractivity contribution < 1.29 is 0 Å². The van der Waals surface area contributed by atoms with Gasteiger partial charge in [-0.2, -0.15) is 0 Å². The minimum Gasteiger partial charge on any atom is -0.292 e. The van der Waals surface area contributed by atoms with Crippen LogP contribution >= 0.6 is 0 Å². The lowest BCUT2D eigenvalue weighted by Crippen LogP contribution is -1.99. The van der Waals surface area contributed by atoms with E-state index in [1.807, 2.05) is 42.6 Å². The molecule has 9 aromatic rings. The first-order chi connectivity index (χ1) is 28.1. The molecule has 0 aliphatic carbocycles. The van der Waals surface area contributed by atoms with Gasteiger partial charge in [0.1, 0.15) is 5.82 Å². The topological polar surface area (TPSA) is 56.5 Å². The van der Waals surface area contributed by atoms with Gasteiger partial charge in [0.2, 0.25) is 0 Å². The van der Waals surface area contributed by atoms with E-state index in [-0.39, 0.29) is 0 Å². The van der Waals surface area contributed by atoms with Crippen molar-refractivity contribution in [2.45, 2.75) is 0 Å². The molecule has 0 atom stereocenters. The van der Waals surface area contributed by atoms with Gasteiger partial charge in [-0.15, -0.1) is 0 Å². The summed E-state index contributed by atoms with van der Waals surface area (Å²) in [7, 11) is 0. The van der Waals surface area contributed by atoms with Crippen LogP contribution in [0.5, 0.6) is 0 Å². The molecule has 0 aliphatic heterocycles. The Morgan fingerprint density at radius 3 is 1.37 bits per heavy atom. The molecule has 0 saturated heterocycles. The van der Waals surface area contributed by atoms with Crippen molar-refractivity contribution in [3.05, 3.63) is 213 Å². The third kappa shape index (κ3) is 7.13. The molecule has 6 aromatic carbocycles. The monoisotopic (exact) mass is 731 g/mol. The molecule has 0 saturated carbocycles. The van der Waals surface area contributed by atoms with Gasteiger partial charge in [-0.3, -0.25) is 9.55 Å². The van der Waals surface area contributed by atoms with Crippen LogP contribution in [0.1, 0.15) is 11.4 Å². The molecule has 0 aliphatic rings. The molecule has 0 fully saturated rings. The minimum absolute atomic E-state index is 0.667. The van der Waals surface area contributed by atoms with Crippen molar-refractivity contribution >= 4 is 12.2 Å². The smallest absolute Gasteiger partial charge is 0.160 e. The Hall–Kier alpha value is -7.76. The van der Waals surface area contributed by atoms with E-state index in [1.165, 1.54) is 5.56 Å². The summed E-state index contributed by atoms with van der Waals surface area (Å²) in [5.74, 6) is 1.50. The molecule has 3 heterocycles. The summed E-state index contributed by atoms with van der Waals surface area (Å²) in [4.78, 5) is 19.5. The number of hydrogen-bond acceptors (Lipinski definition) is 4. The Kier molecular flexibility index (Phi) is 9.53. The summed E-state index contributed by atoms with van der Waals surface area (Å²) in [5.41, 5.74) is 15.1. The fourth-order valence-electron chi connectivity index (χ4n) is 7.15. The molecular formula is C52H37N5. The fourth-order valence-corrected chi connectivity index (χ4v) is 7.15. The minimum atomic E-state index is 0.667. The number of imidazole rings is 1. The fraction of sp³-hybridized carbons (Fsp3) is 0. The number of benzene rings is 6. The van der Waals surface area contributed by atoms with Gasteiger partial charge in [0.15, 0.2) is 5.82 Å². The van der Waals surface area contributed by atoms with Gasteiger partial charge in [0.05, 0.1) is 22.8 Å². The lowest BCUT2D eigenvalue weighted by molar-refractivity contribution is 1.05. The van der Waals surface area contributed by atoms with Crippen LogP contribution in [0.15, 0.2) is 201 Å². The van der Waals surface area contributed by atoms with Crippen molar-refractivity contribution in [3.63, 3.8) is 0 Å².